The minimum absolute atomic E-state index is 0.230. The number of nitrogens with one attached hydrogen (secondary N) is 1. The van der Waals surface area contributed by atoms with Gasteiger partial charge in [0, 0.05) is 24.0 Å². The Bertz CT molecular complexity index is 663. The second kappa shape index (κ2) is 6.34. The maximum absolute atomic E-state index is 12.1. The van der Waals surface area contributed by atoms with Gasteiger partial charge in [0.25, 0.3) is 0 Å². The summed E-state index contributed by atoms with van der Waals surface area (Å²) in [5, 5.41) is 2.88. The quantitative estimate of drug-likeness (QED) is 0.885. The summed E-state index contributed by atoms with van der Waals surface area (Å²) in [5.41, 5.74) is 0.961. The molecule has 0 aliphatic heterocycles. The molecule has 0 fully saturated rings. The molecule has 0 aliphatic carbocycles. The van der Waals surface area contributed by atoms with E-state index in [1.54, 1.807) is 12.1 Å². The highest BCUT2D eigenvalue weighted by atomic mass is 32.2. The van der Waals surface area contributed by atoms with Gasteiger partial charge in [0.05, 0.1) is 17.0 Å². The number of benzene rings is 1. The molecule has 0 amide bonds. The van der Waals surface area contributed by atoms with E-state index < -0.39 is 10.0 Å². The van der Waals surface area contributed by atoms with Crippen molar-refractivity contribution in [3.63, 3.8) is 0 Å². The van der Waals surface area contributed by atoms with Crippen LogP contribution in [0.5, 0.6) is 5.75 Å². The molecular formula is C13H16N2O3S2. The molecule has 2 aromatic rings. The number of aryl methyl sites for hydroxylation is 1. The SMILES string of the molecule is COc1ccc(S(=O)(=O)NCCc2nc(C)cs2)cc1. The fourth-order valence-electron chi connectivity index (χ4n) is 1.65. The second-order valence-electron chi connectivity index (χ2n) is 4.21. The normalized spacial score (nSPS) is 11.5. The molecule has 2 rings (SSSR count). The third-order valence-corrected chi connectivity index (χ3v) is 5.17. The molecule has 0 aliphatic rings. The van der Waals surface area contributed by atoms with E-state index in [-0.39, 0.29) is 4.90 Å². The number of thiazole rings is 1. The van der Waals surface area contributed by atoms with E-state index in [4.69, 9.17) is 4.74 Å². The van der Waals surface area contributed by atoms with Crippen molar-refractivity contribution in [1.82, 2.24) is 9.71 Å². The molecule has 0 spiro atoms. The number of methoxy groups -OCH3 is 1. The van der Waals surface area contributed by atoms with Crippen LogP contribution >= 0.6 is 11.3 Å². The van der Waals surface area contributed by atoms with E-state index in [9.17, 15) is 8.42 Å². The number of aromatic nitrogens is 1. The van der Waals surface area contributed by atoms with Gasteiger partial charge in [-0.1, -0.05) is 0 Å². The van der Waals surface area contributed by atoms with Crippen LogP contribution in [0, 0.1) is 6.92 Å². The first kappa shape index (κ1) is 15.0. The fraction of sp³-hybridized carbons (Fsp3) is 0.308. The predicted octanol–water partition coefficient (Wildman–Crippen LogP) is 1.98. The molecule has 7 heteroatoms. The van der Waals surface area contributed by atoms with Crippen LogP contribution in [0.25, 0.3) is 0 Å². The fourth-order valence-corrected chi connectivity index (χ4v) is 3.46. The third kappa shape index (κ3) is 3.78. The smallest absolute Gasteiger partial charge is 0.240 e. The molecule has 1 aromatic carbocycles. The maximum atomic E-state index is 12.1. The van der Waals surface area contributed by atoms with Crippen molar-refractivity contribution in [2.45, 2.75) is 18.2 Å². The topological polar surface area (TPSA) is 68.3 Å². The van der Waals surface area contributed by atoms with Crippen LogP contribution in [0.15, 0.2) is 34.5 Å². The minimum atomic E-state index is -3.48. The molecule has 20 heavy (non-hydrogen) atoms. The van der Waals surface area contributed by atoms with Gasteiger partial charge < -0.3 is 4.74 Å². The highest BCUT2D eigenvalue weighted by Crippen LogP contribution is 2.15. The Morgan fingerprint density at radius 3 is 2.55 bits per heavy atom. The molecule has 0 bridgehead atoms. The molecule has 0 unspecified atom stereocenters. The molecule has 0 saturated heterocycles. The largest absolute Gasteiger partial charge is 0.497 e. The zero-order chi connectivity index (χ0) is 14.6. The summed E-state index contributed by atoms with van der Waals surface area (Å²) < 4.78 is 31.7. The number of nitrogens with zero attached hydrogens (tertiary/aromatic N) is 1. The van der Waals surface area contributed by atoms with Crippen molar-refractivity contribution >= 4 is 21.4 Å². The van der Waals surface area contributed by atoms with Crippen molar-refractivity contribution < 1.29 is 13.2 Å². The Kier molecular flexibility index (Phi) is 4.74. The number of ether oxygens (including phenoxy) is 1. The standard InChI is InChI=1S/C13H16N2O3S2/c1-10-9-19-13(15-10)7-8-14-20(16,17)12-5-3-11(18-2)4-6-12/h3-6,9,14H,7-8H2,1-2H3. The summed E-state index contributed by atoms with van der Waals surface area (Å²) in [5.74, 6) is 0.627. The number of hydrogen-bond acceptors (Lipinski definition) is 5. The van der Waals surface area contributed by atoms with Gasteiger partial charge >= 0.3 is 0 Å². The average Bonchev–Trinajstić information content (AvgIpc) is 2.84. The summed E-state index contributed by atoms with van der Waals surface area (Å²) in [4.78, 5) is 4.52. The van der Waals surface area contributed by atoms with Crippen molar-refractivity contribution in [2.75, 3.05) is 13.7 Å². The van der Waals surface area contributed by atoms with E-state index in [0.717, 1.165) is 10.7 Å². The first-order valence-corrected chi connectivity index (χ1v) is 8.42. The maximum Gasteiger partial charge on any atom is 0.240 e. The van der Waals surface area contributed by atoms with Gasteiger partial charge in [0.15, 0.2) is 0 Å². The van der Waals surface area contributed by atoms with Gasteiger partial charge in [-0.25, -0.2) is 18.1 Å². The highest BCUT2D eigenvalue weighted by molar-refractivity contribution is 7.89. The summed E-state index contributed by atoms with van der Waals surface area (Å²) in [7, 11) is -1.94. The Morgan fingerprint density at radius 2 is 2.00 bits per heavy atom. The first-order chi connectivity index (χ1) is 9.51. The van der Waals surface area contributed by atoms with Crippen LogP contribution in [0.4, 0.5) is 0 Å². The van der Waals surface area contributed by atoms with Crippen molar-refractivity contribution in [1.29, 1.82) is 0 Å². The zero-order valence-electron chi connectivity index (χ0n) is 11.3. The van der Waals surface area contributed by atoms with Gasteiger partial charge in [0.2, 0.25) is 10.0 Å². The van der Waals surface area contributed by atoms with Gasteiger partial charge in [-0.3, -0.25) is 0 Å². The van der Waals surface area contributed by atoms with E-state index in [0.29, 0.717) is 18.7 Å². The molecule has 0 saturated carbocycles. The molecule has 108 valence electrons. The summed E-state index contributed by atoms with van der Waals surface area (Å²) in [6, 6.07) is 6.29. The average molecular weight is 312 g/mol. The van der Waals surface area contributed by atoms with Crippen molar-refractivity contribution in [2.24, 2.45) is 0 Å². The Balaban J connectivity index is 1.96. The Labute approximate surface area is 122 Å². The monoisotopic (exact) mass is 312 g/mol. The van der Waals surface area contributed by atoms with Crippen LogP contribution in [-0.4, -0.2) is 27.1 Å². The van der Waals surface area contributed by atoms with Gasteiger partial charge in [0.1, 0.15) is 5.75 Å². The van der Waals surface area contributed by atoms with Crippen LogP contribution in [0.2, 0.25) is 0 Å². The molecule has 1 N–H and O–H groups in total. The van der Waals surface area contributed by atoms with Gasteiger partial charge in [-0.05, 0) is 31.2 Å². The molecular weight excluding hydrogens is 296 g/mol. The van der Waals surface area contributed by atoms with Gasteiger partial charge in [-0.2, -0.15) is 0 Å². The second-order valence-corrected chi connectivity index (χ2v) is 6.92. The first-order valence-electron chi connectivity index (χ1n) is 6.06. The molecule has 0 radical (unpaired) electrons. The van der Waals surface area contributed by atoms with Crippen LogP contribution in [0.3, 0.4) is 0 Å². The lowest BCUT2D eigenvalue weighted by molar-refractivity contribution is 0.414. The lowest BCUT2D eigenvalue weighted by Crippen LogP contribution is -2.25. The van der Waals surface area contributed by atoms with Crippen LogP contribution < -0.4 is 9.46 Å². The molecule has 5 nitrogen and oxygen atoms in total. The number of hydrogen-bond donors (Lipinski definition) is 1. The van der Waals surface area contributed by atoms with Gasteiger partial charge in [-0.15, -0.1) is 11.3 Å². The van der Waals surface area contributed by atoms with E-state index in [1.165, 1.54) is 30.6 Å². The van der Waals surface area contributed by atoms with Crippen LogP contribution in [0.1, 0.15) is 10.7 Å². The molecule has 0 atom stereocenters. The predicted molar refractivity (Wildman–Crippen MR) is 78.7 cm³/mol. The third-order valence-electron chi connectivity index (χ3n) is 2.67. The minimum Gasteiger partial charge on any atom is -0.497 e. The van der Waals surface area contributed by atoms with Crippen molar-refractivity contribution in [3.05, 3.63) is 40.3 Å². The van der Waals surface area contributed by atoms with E-state index in [2.05, 4.69) is 9.71 Å². The molecule has 1 aromatic heterocycles. The zero-order valence-corrected chi connectivity index (χ0v) is 12.9. The lowest BCUT2D eigenvalue weighted by Gasteiger charge is -2.06. The Hall–Kier alpha value is -1.44. The van der Waals surface area contributed by atoms with Crippen LogP contribution in [-0.2, 0) is 16.4 Å². The molecule has 1 heterocycles. The summed E-state index contributed by atoms with van der Waals surface area (Å²) in [6.07, 6.45) is 0.591. The van der Waals surface area contributed by atoms with E-state index >= 15 is 0 Å². The van der Waals surface area contributed by atoms with E-state index in [1.807, 2.05) is 12.3 Å². The van der Waals surface area contributed by atoms with Crippen molar-refractivity contribution in [3.8, 4) is 5.75 Å². The lowest BCUT2D eigenvalue weighted by atomic mass is 10.3. The number of sulfonamides is 1. The Morgan fingerprint density at radius 1 is 1.30 bits per heavy atom. The number of rotatable bonds is 6. The highest BCUT2D eigenvalue weighted by Gasteiger charge is 2.13. The summed E-state index contributed by atoms with van der Waals surface area (Å²) >= 11 is 1.54. The summed E-state index contributed by atoms with van der Waals surface area (Å²) in [6.45, 7) is 2.25.